The monoisotopic (exact) mass is 453 g/mol. The minimum absolute atomic E-state index is 0.175. The number of rotatable bonds is 7. The van der Waals surface area contributed by atoms with Crippen LogP contribution in [-0.4, -0.2) is 37.2 Å². The van der Waals surface area contributed by atoms with Crippen LogP contribution in [0, 0.1) is 0 Å². The molecule has 0 aliphatic rings. The van der Waals surface area contributed by atoms with Gasteiger partial charge >= 0.3 is 0 Å². The highest BCUT2D eigenvalue weighted by atomic mass is 32.2. The molecule has 0 radical (unpaired) electrons. The Morgan fingerprint density at radius 1 is 1.06 bits per heavy atom. The quantitative estimate of drug-likeness (QED) is 0.421. The van der Waals surface area contributed by atoms with E-state index >= 15 is 0 Å². The molecule has 4 aromatic rings. The lowest BCUT2D eigenvalue weighted by molar-refractivity contribution is 0.102. The van der Waals surface area contributed by atoms with Gasteiger partial charge in [0.25, 0.3) is 5.91 Å². The van der Waals surface area contributed by atoms with Crippen molar-refractivity contribution in [3.8, 4) is 0 Å². The molecule has 1 aromatic heterocycles. The number of nitrogens with zero attached hydrogens (tertiary/aromatic N) is 2. The highest BCUT2D eigenvalue weighted by Crippen LogP contribution is 2.32. The van der Waals surface area contributed by atoms with Gasteiger partial charge in [-0.05, 0) is 42.1 Å². The molecule has 160 valence electrons. The number of fused-ring (bicyclic) bond motifs is 3. The zero-order valence-corrected chi connectivity index (χ0v) is 19.0. The summed E-state index contributed by atoms with van der Waals surface area (Å²) in [5.41, 5.74) is 1.20. The molecule has 0 aliphatic carbocycles. The number of carbonyl (C=O) groups excluding carboxylic acids is 1. The maximum Gasteiger partial charge on any atom is 0.257 e. The van der Waals surface area contributed by atoms with E-state index in [0.29, 0.717) is 17.2 Å². The van der Waals surface area contributed by atoms with Crippen LogP contribution in [0.2, 0.25) is 0 Å². The lowest BCUT2D eigenvalue weighted by Crippen LogP contribution is -2.28. The summed E-state index contributed by atoms with van der Waals surface area (Å²) in [5, 5.41) is 5.56. The fourth-order valence-corrected chi connectivity index (χ4v) is 5.54. The molecule has 0 bridgehead atoms. The second-order valence-corrected chi connectivity index (χ2v) is 10.4. The standard InChI is InChI=1S/C23H23N3O3S2/c1-3-4-15-26(2)31(28,29)18-12-9-17(10-13-18)22(27)25-23-24-20-14-11-16-7-5-6-8-19(16)21(20)30-23/h5-14H,3-4,15H2,1-2H3,(H,24,25,27). The van der Waals surface area contributed by atoms with Crippen molar-refractivity contribution in [2.75, 3.05) is 18.9 Å². The van der Waals surface area contributed by atoms with Crippen LogP contribution < -0.4 is 5.32 Å². The molecule has 4 rings (SSSR count). The second-order valence-electron chi connectivity index (χ2n) is 7.31. The number of unbranched alkanes of at least 4 members (excludes halogenated alkanes) is 1. The smallest absolute Gasteiger partial charge is 0.257 e. The third kappa shape index (κ3) is 4.32. The van der Waals surface area contributed by atoms with Crippen LogP contribution in [0.3, 0.4) is 0 Å². The van der Waals surface area contributed by atoms with E-state index in [4.69, 9.17) is 0 Å². The number of hydrogen-bond donors (Lipinski definition) is 1. The fraction of sp³-hybridized carbons (Fsp3) is 0.217. The summed E-state index contributed by atoms with van der Waals surface area (Å²) in [6.07, 6.45) is 1.72. The van der Waals surface area contributed by atoms with Crippen molar-refractivity contribution >= 4 is 53.4 Å². The van der Waals surface area contributed by atoms with E-state index in [2.05, 4.69) is 10.3 Å². The number of benzene rings is 3. The molecule has 0 saturated carbocycles. The predicted octanol–water partition coefficient (Wildman–Crippen LogP) is 5.12. The first-order chi connectivity index (χ1) is 14.9. The summed E-state index contributed by atoms with van der Waals surface area (Å²) in [6.45, 7) is 2.48. The predicted molar refractivity (Wildman–Crippen MR) is 126 cm³/mol. The Labute approximate surface area is 185 Å². The van der Waals surface area contributed by atoms with Gasteiger partial charge in [0, 0.05) is 24.5 Å². The topological polar surface area (TPSA) is 79.4 Å². The summed E-state index contributed by atoms with van der Waals surface area (Å²) in [5.74, 6) is -0.327. The van der Waals surface area contributed by atoms with Crippen molar-refractivity contribution in [2.45, 2.75) is 24.7 Å². The van der Waals surface area contributed by atoms with Gasteiger partial charge in [-0.25, -0.2) is 17.7 Å². The van der Waals surface area contributed by atoms with Crippen LogP contribution in [0.1, 0.15) is 30.1 Å². The number of carbonyl (C=O) groups is 1. The second kappa shape index (κ2) is 8.74. The van der Waals surface area contributed by atoms with Crippen LogP contribution in [0.4, 0.5) is 5.13 Å². The van der Waals surface area contributed by atoms with Crippen LogP contribution in [0.15, 0.2) is 65.6 Å². The molecule has 1 amide bonds. The third-order valence-corrected chi connectivity index (χ3v) is 8.04. The lowest BCUT2D eigenvalue weighted by atomic mass is 10.1. The average molecular weight is 454 g/mol. The normalized spacial score (nSPS) is 12.0. The van der Waals surface area contributed by atoms with E-state index < -0.39 is 10.0 Å². The Bertz CT molecular complexity index is 1350. The minimum Gasteiger partial charge on any atom is -0.298 e. The number of hydrogen-bond acceptors (Lipinski definition) is 5. The highest BCUT2D eigenvalue weighted by molar-refractivity contribution is 7.89. The lowest BCUT2D eigenvalue weighted by Gasteiger charge is -2.16. The van der Waals surface area contributed by atoms with Crippen LogP contribution in [0.25, 0.3) is 21.0 Å². The van der Waals surface area contributed by atoms with Gasteiger partial charge in [-0.15, -0.1) is 0 Å². The molecule has 0 spiro atoms. The van der Waals surface area contributed by atoms with Crippen molar-refractivity contribution in [1.29, 1.82) is 0 Å². The molecule has 0 aliphatic heterocycles. The maximum absolute atomic E-state index is 12.7. The molecule has 6 nitrogen and oxygen atoms in total. The van der Waals surface area contributed by atoms with Crippen molar-refractivity contribution in [3.63, 3.8) is 0 Å². The van der Waals surface area contributed by atoms with Gasteiger partial charge in [-0.1, -0.05) is 55.0 Å². The molecular formula is C23H23N3O3S2. The fourth-order valence-electron chi connectivity index (χ4n) is 3.34. The number of amides is 1. The van der Waals surface area contributed by atoms with E-state index in [1.165, 1.54) is 39.9 Å². The Balaban J connectivity index is 1.53. The van der Waals surface area contributed by atoms with Crippen LogP contribution >= 0.6 is 11.3 Å². The van der Waals surface area contributed by atoms with Crippen molar-refractivity contribution in [2.24, 2.45) is 0 Å². The molecular weight excluding hydrogens is 430 g/mol. The Morgan fingerprint density at radius 2 is 1.81 bits per heavy atom. The number of sulfonamides is 1. The van der Waals surface area contributed by atoms with Crippen molar-refractivity contribution < 1.29 is 13.2 Å². The summed E-state index contributed by atoms with van der Waals surface area (Å²) >= 11 is 1.42. The van der Waals surface area contributed by atoms with E-state index in [0.717, 1.165) is 33.8 Å². The molecule has 3 aromatic carbocycles. The number of thiazole rings is 1. The van der Waals surface area contributed by atoms with Gasteiger partial charge in [-0.2, -0.15) is 0 Å². The zero-order valence-electron chi connectivity index (χ0n) is 17.3. The van der Waals surface area contributed by atoms with Crippen LogP contribution in [-0.2, 0) is 10.0 Å². The van der Waals surface area contributed by atoms with E-state index in [9.17, 15) is 13.2 Å². The highest BCUT2D eigenvalue weighted by Gasteiger charge is 2.20. The van der Waals surface area contributed by atoms with Gasteiger partial charge in [0.2, 0.25) is 10.0 Å². The van der Waals surface area contributed by atoms with Gasteiger partial charge in [0.05, 0.1) is 15.1 Å². The van der Waals surface area contributed by atoms with Gasteiger partial charge in [0.15, 0.2) is 5.13 Å². The SMILES string of the molecule is CCCCN(C)S(=O)(=O)c1ccc(C(=O)Nc2nc3ccc4ccccc4c3s2)cc1. The molecule has 0 saturated heterocycles. The van der Waals surface area contributed by atoms with Gasteiger partial charge in [0.1, 0.15) is 0 Å². The van der Waals surface area contributed by atoms with E-state index in [-0.39, 0.29) is 10.8 Å². The molecule has 0 fully saturated rings. The number of nitrogens with one attached hydrogen (secondary N) is 1. The number of aromatic nitrogens is 1. The molecule has 1 heterocycles. The third-order valence-electron chi connectivity index (χ3n) is 5.15. The summed E-state index contributed by atoms with van der Waals surface area (Å²) < 4.78 is 27.6. The van der Waals surface area contributed by atoms with Crippen LogP contribution in [0.5, 0.6) is 0 Å². The Kier molecular flexibility index (Phi) is 6.04. The summed E-state index contributed by atoms with van der Waals surface area (Å²) in [4.78, 5) is 17.4. The maximum atomic E-state index is 12.7. The van der Waals surface area contributed by atoms with Gasteiger partial charge in [-0.3, -0.25) is 10.1 Å². The first-order valence-electron chi connectivity index (χ1n) is 10.1. The minimum atomic E-state index is -3.56. The summed E-state index contributed by atoms with van der Waals surface area (Å²) in [6, 6.07) is 18.0. The Morgan fingerprint density at radius 3 is 2.55 bits per heavy atom. The average Bonchev–Trinajstić information content (AvgIpc) is 3.20. The van der Waals surface area contributed by atoms with E-state index in [1.54, 1.807) is 7.05 Å². The first-order valence-corrected chi connectivity index (χ1v) is 12.3. The van der Waals surface area contributed by atoms with Crippen molar-refractivity contribution in [3.05, 3.63) is 66.2 Å². The molecule has 0 atom stereocenters. The molecule has 1 N–H and O–H groups in total. The van der Waals surface area contributed by atoms with Gasteiger partial charge < -0.3 is 0 Å². The number of anilines is 1. The zero-order chi connectivity index (χ0) is 22.0. The molecule has 31 heavy (non-hydrogen) atoms. The summed E-state index contributed by atoms with van der Waals surface area (Å²) in [7, 11) is -1.99. The van der Waals surface area contributed by atoms with Crippen molar-refractivity contribution in [1.82, 2.24) is 9.29 Å². The first kappa shape index (κ1) is 21.4. The molecule has 8 heteroatoms. The Hall–Kier alpha value is -2.81. The molecule has 0 unspecified atom stereocenters. The van der Waals surface area contributed by atoms with E-state index in [1.807, 2.05) is 43.3 Å². The largest absolute Gasteiger partial charge is 0.298 e.